The Morgan fingerprint density at radius 2 is 2.00 bits per heavy atom. The molecule has 0 atom stereocenters. The van der Waals surface area contributed by atoms with Gasteiger partial charge in [0.05, 0.1) is 22.8 Å². The molecule has 0 unspecified atom stereocenters. The van der Waals surface area contributed by atoms with Crippen molar-refractivity contribution in [1.29, 1.82) is 0 Å². The molecule has 4 aromatic rings. The van der Waals surface area contributed by atoms with E-state index in [4.69, 9.17) is 0 Å². The molecule has 0 bridgehead atoms. The molecular formula is C15H11N5S3. The van der Waals surface area contributed by atoms with Crippen LogP contribution in [-0.2, 0) is 6.54 Å². The number of rotatable bonds is 5. The minimum absolute atomic E-state index is 0.627. The van der Waals surface area contributed by atoms with Gasteiger partial charge in [-0.1, -0.05) is 23.5 Å². The van der Waals surface area contributed by atoms with Crippen LogP contribution in [0, 0.1) is 0 Å². The molecule has 0 aliphatic rings. The normalized spacial score (nSPS) is 10.8. The monoisotopic (exact) mass is 357 g/mol. The number of aromatic nitrogens is 4. The molecule has 1 N–H and O–H groups in total. The van der Waals surface area contributed by atoms with E-state index >= 15 is 0 Å². The third-order valence-corrected chi connectivity index (χ3v) is 5.85. The molecule has 0 saturated carbocycles. The lowest BCUT2D eigenvalue weighted by Crippen LogP contribution is -1.99. The van der Waals surface area contributed by atoms with Gasteiger partial charge in [-0.25, -0.2) is 4.98 Å². The molecule has 114 valence electrons. The van der Waals surface area contributed by atoms with Gasteiger partial charge in [-0.15, -0.1) is 32.9 Å². The maximum absolute atomic E-state index is 4.60. The highest BCUT2D eigenvalue weighted by atomic mass is 32.1. The standard InChI is InChI=1S/C15H11N5S3/c1-2-6-16-11(4-1)13-18-10(9-22-13)8-17-15-20-19-14(23-15)12-5-3-7-21-12/h1-7,9H,8H2,(H,17,20). The van der Waals surface area contributed by atoms with E-state index in [0.29, 0.717) is 6.54 Å². The fraction of sp³-hybridized carbons (Fsp3) is 0.0667. The fourth-order valence-corrected chi connectivity index (χ4v) is 4.28. The van der Waals surface area contributed by atoms with Crippen molar-refractivity contribution in [1.82, 2.24) is 20.2 Å². The van der Waals surface area contributed by atoms with E-state index in [-0.39, 0.29) is 0 Å². The smallest absolute Gasteiger partial charge is 0.206 e. The van der Waals surface area contributed by atoms with Crippen molar-refractivity contribution in [3.05, 3.63) is 53.0 Å². The summed E-state index contributed by atoms with van der Waals surface area (Å²) in [6.07, 6.45) is 1.78. The number of nitrogens with zero attached hydrogens (tertiary/aromatic N) is 4. The van der Waals surface area contributed by atoms with Crippen molar-refractivity contribution >= 4 is 39.1 Å². The third-order valence-electron chi connectivity index (χ3n) is 3.01. The zero-order valence-corrected chi connectivity index (χ0v) is 14.3. The maximum atomic E-state index is 4.60. The van der Waals surface area contributed by atoms with Crippen LogP contribution in [0.1, 0.15) is 5.69 Å². The van der Waals surface area contributed by atoms with Crippen LogP contribution in [0.5, 0.6) is 0 Å². The summed E-state index contributed by atoms with van der Waals surface area (Å²) in [4.78, 5) is 10.1. The summed E-state index contributed by atoms with van der Waals surface area (Å²) in [7, 11) is 0. The molecule has 8 heteroatoms. The van der Waals surface area contributed by atoms with E-state index in [1.807, 2.05) is 35.0 Å². The number of thiazole rings is 1. The van der Waals surface area contributed by atoms with Gasteiger partial charge in [0.25, 0.3) is 0 Å². The summed E-state index contributed by atoms with van der Waals surface area (Å²) in [5, 5.41) is 18.4. The molecule has 5 nitrogen and oxygen atoms in total. The van der Waals surface area contributed by atoms with Crippen molar-refractivity contribution in [2.24, 2.45) is 0 Å². The second-order valence-corrected chi connectivity index (χ2v) is 7.39. The number of anilines is 1. The number of hydrogen-bond acceptors (Lipinski definition) is 8. The Kier molecular flexibility index (Phi) is 4.10. The molecule has 4 rings (SSSR count). The van der Waals surface area contributed by atoms with Crippen LogP contribution in [0.4, 0.5) is 5.13 Å². The molecular weight excluding hydrogens is 346 g/mol. The van der Waals surface area contributed by atoms with E-state index < -0.39 is 0 Å². The Balaban J connectivity index is 1.43. The van der Waals surface area contributed by atoms with Gasteiger partial charge in [0.15, 0.2) is 5.01 Å². The summed E-state index contributed by atoms with van der Waals surface area (Å²) in [5.41, 5.74) is 1.88. The lowest BCUT2D eigenvalue weighted by atomic mass is 10.4. The maximum Gasteiger partial charge on any atom is 0.206 e. The van der Waals surface area contributed by atoms with Crippen LogP contribution in [0.3, 0.4) is 0 Å². The molecule has 4 heterocycles. The third kappa shape index (κ3) is 3.29. The van der Waals surface area contributed by atoms with Gasteiger partial charge in [-0.05, 0) is 23.6 Å². The van der Waals surface area contributed by atoms with Crippen LogP contribution in [0.15, 0.2) is 47.3 Å². The summed E-state index contributed by atoms with van der Waals surface area (Å²) >= 11 is 4.82. The highest BCUT2D eigenvalue weighted by Gasteiger charge is 2.09. The van der Waals surface area contributed by atoms with Crippen molar-refractivity contribution in [2.75, 3.05) is 5.32 Å². The summed E-state index contributed by atoms with van der Waals surface area (Å²) in [6, 6.07) is 9.90. The van der Waals surface area contributed by atoms with Gasteiger partial charge in [-0.2, -0.15) is 0 Å². The molecule has 0 amide bonds. The lowest BCUT2D eigenvalue weighted by Gasteiger charge is -1.97. The van der Waals surface area contributed by atoms with E-state index in [0.717, 1.165) is 31.4 Å². The second-order valence-electron chi connectivity index (χ2n) is 4.60. The first-order valence-corrected chi connectivity index (χ1v) is 9.43. The average molecular weight is 357 g/mol. The van der Waals surface area contributed by atoms with E-state index in [1.165, 1.54) is 0 Å². The zero-order chi connectivity index (χ0) is 15.5. The molecule has 0 spiro atoms. The zero-order valence-electron chi connectivity index (χ0n) is 11.8. The SMILES string of the molecule is c1ccc(-c2nc(CNc3nnc(-c4cccs4)s3)cs2)nc1. The Morgan fingerprint density at radius 1 is 1.00 bits per heavy atom. The Hall–Kier alpha value is -2.16. The first-order valence-electron chi connectivity index (χ1n) is 6.85. The van der Waals surface area contributed by atoms with E-state index in [1.54, 1.807) is 40.2 Å². The van der Waals surface area contributed by atoms with Gasteiger partial charge < -0.3 is 5.32 Å². The first kappa shape index (κ1) is 14.4. The van der Waals surface area contributed by atoms with Crippen molar-refractivity contribution < 1.29 is 0 Å². The highest BCUT2D eigenvalue weighted by molar-refractivity contribution is 7.22. The van der Waals surface area contributed by atoms with Crippen LogP contribution in [0.2, 0.25) is 0 Å². The van der Waals surface area contributed by atoms with Crippen molar-refractivity contribution in [2.45, 2.75) is 6.54 Å². The predicted molar refractivity (Wildman–Crippen MR) is 95.9 cm³/mol. The quantitative estimate of drug-likeness (QED) is 0.574. The molecule has 4 aromatic heterocycles. The molecule has 0 aromatic carbocycles. The summed E-state index contributed by atoms with van der Waals surface area (Å²) in [6.45, 7) is 0.627. The number of nitrogens with one attached hydrogen (secondary N) is 1. The summed E-state index contributed by atoms with van der Waals surface area (Å²) in [5.74, 6) is 0. The van der Waals surface area contributed by atoms with Crippen molar-refractivity contribution in [3.63, 3.8) is 0 Å². The van der Waals surface area contributed by atoms with Crippen LogP contribution < -0.4 is 5.32 Å². The van der Waals surface area contributed by atoms with Gasteiger partial charge in [0.2, 0.25) is 5.13 Å². The topological polar surface area (TPSA) is 63.6 Å². The van der Waals surface area contributed by atoms with Crippen LogP contribution in [-0.4, -0.2) is 20.2 Å². The van der Waals surface area contributed by atoms with Gasteiger partial charge in [0, 0.05) is 11.6 Å². The van der Waals surface area contributed by atoms with E-state index in [2.05, 4.69) is 31.5 Å². The molecule has 0 saturated heterocycles. The minimum Gasteiger partial charge on any atom is -0.354 e. The first-order chi connectivity index (χ1) is 11.4. The van der Waals surface area contributed by atoms with Gasteiger partial charge in [0.1, 0.15) is 5.01 Å². The number of hydrogen-bond donors (Lipinski definition) is 1. The highest BCUT2D eigenvalue weighted by Crippen LogP contribution is 2.30. The molecule has 0 fully saturated rings. The predicted octanol–water partition coefficient (Wildman–Crippen LogP) is 4.40. The second kappa shape index (κ2) is 6.53. The van der Waals surface area contributed by atoms with Crippen LogP contribution in [0.25, 0.3) is 20.6 Å². The Morgan fingerprint density at radius 3 is 2.83 bits per heavy atom. The molecule has 0 aliphatic carbocycles. The Bertz CT molecular complexity index is 883. The van der Waals surface area contributed by atoms with Crippen molar-refractivity contribution in [3.8, 4) is 20.6 Å². The van der Waals surface area contributed by atoms with Gasteiger partial charge >= 0.3 is 0 Å². The number of pyridine rings is 1. The van der Waals surface area contributed by atoms with Gasteiger partial charge in [-0.3, -0.25) is 4.98 Å². The average Bonchev–Trinajstić information content (AvgIpc) is 3.33. The Labute approximate surface area is 144 Å². The largest absolute Gasteiger partial charge is 0.354 e. The fourth-order valence-electron chi connectivity index (χ4n) is 1.96. The lowest BCUT2D eigenvalue weighted by molar-refractivity contribution is 1.03. The van der Waals surface area contributed by atoms with E-state index in [9.17, 15) is 0 Å². The number of thiophene rings is 1. The molecule has 0 radical (unpaired) electrons. The summed E-state index contributed by atoms with van der Waals surface area (Å²) < 4.78 is 0. The minimum atomic E-state index is 0.627. The molecule has 0 aliphatic heterocycles. The molecule has 23 heavy (non-hydrogen) atoms. The van der Waals surface area contributed by atoms with Crippen LogP contribution >= 0.6 is 34.0 Å².